The van der Waals surface area contributed by atoms with E-state index in [0.717, 1.165) is 0 Å². The van der Waals surface area contributed by atoms with E-state index in [9.17, 15) is 14.3 Å². The molecular formula is C13H11FN2O3. The van der Waals surface area contributed by atoms with E-state index in [1.54, 1.807) is 13.0 Å². The molecular weight excluding hydrogens is 251 g/mol. The number of benzene rings is 1. The Kier molecular flexibility index (Phi) is 3.41. The van der Waals surface area contributed by atoms with Crippen molar-refractivity contribution in [3.8, 4) is 17.0 Å². The number of aryl methyl sites for hydroxylation is 1. The van der Waals surface area contributed by atoms with Crippen molar-refractivity contribution in [2.75, 3.05) is 7.11 Å². The minimum Gasteiger partial charge on any atom is -0.494 e. The Bertz CT molecular complexity index is 644. The maximum Gasteiger partial charge on any atom is 0.339 e. The fourth-order valence-corrected chi connectivity index (χ4v) is 1.76. The van der Waals surface area contributed by atoms with Gasteiger partial charge in [-0.2, -0.15) is 0 Å². The number of carboxylic acids is 1. The molecule has 0 unspecified atom stereocenters. The number of ether oxygens (including phenoxy) is 1. The van der Waals surface area contributed by atoms with Crippen molar-refractivity contribution in [3.05, 3.63) is 41.6 Å². The van der Waals surface area contributed by atoms with Gasteiger partial charge in [-0.25, -0.2) is 19.2 Å². The molecule has 0 spiro atoms. The molecule has 5 nitrogen and oxygen atoms in total. The van der Waals surface area contributed by atoms with Gasteiger partial charge in [0.1, 0.15) is 11.9 Å². The summed E-state index contributed by atoms with van der Waals surface area (Å²) >= 11 is 0. The minimum absolute atomic E-state index is 0.0351. The van der Waals surface area contributed by atoms with Gasteiger partial charge in [-0.3, -0.25) is 0 Å². The van der Waals surface area contributed by atoms with Gasteiger partial charge in [0.25, 0.3) is 0 Å². The molecule has 19 heavy (non-hydrogen) atoms. The standard InChI is InChI=1S/C13H11FN2O3/c1-7-11(13(17)18)12(16-6-15-7)8-3-4-10(19-2)9(14)5-8/h3-6H,1-2H3,(H,17,18). The monoisotopic (exact) mass is 262 g/mol. The largest absolute Gasteiger partial charge is 0.494 e. The molecule has 0 fully saturated rings. The highest BCUT2D eigenvalue weighted by Gasteiger charge is 2.18. The third-order valence-electron chi connectivity index (χ3n) is 2.68. The lowest BCUT2D eigenvalue weighted by Gasteiger charge is -2.08. The molecule has 0 aliphatic carbocycles. The van der Waals surface area contributed by atoms with Crippen LogP contribution in [0.2, 0.25) is 0 Å². The summed E-state index contributed by atoms with van der Waals surface area (Å²) in [7, 11) is 1.36. The Morgan fingerprint density at radius 3 is 2.68 bits per heavy atom. The number of aromatic carboxylic acids is 1. The van der Waals surface area contributed by atoms with Crippen LogP contribution in [0.4, 0.5) is 4.39 Å². The number of nitrogens with zero attached hydrogens (tertiary/aromatic N) is 2. The van der Waals surface area contributed by atoms with Gasteiger partial charge in [-0.1, -0.05) is 0 Å². The molecule has 0 aliphatic rings. The smallest absolute Gasteiger partial charge is 0.339 e. The van der Waals surface area contributed by atoms with Gasteiger partial charge in [0.2, 0.25) is 0 Å². The molecule has 6 heteroatoms. The first-order valence-corrected chi connectivity index (χ1v) is 5.43. The summed E-state index contributed by atoms with van der Waals surface area (Å²) in [6.07, 6.45) is 1.25. The number of rotatable bonds is 3. The van der Waals surface area contributed by atoms with Crippen LogP contribution in [-0.4, -0.2) is 28.2 Å². The van der Waals surface area contributed by atoms with Gasteiger partial charge >= 0.3 is 5.97 Å². The van der Waals surface area contributed by atoms with Crippen molar-refractivity contribution in [1.82, 2.24) is 9.97 Å². The van der Waals surface area contributed by atoms with E-state index < -0.39 is 11.8 Å². The first kappa shape index (κ1) is 12.9. The van der Waals surface area contributed by atoms with E-state index in [1.165, 1.54) is 25.6 Å². The summed E-state index contributed by atoms with van der Waals surface area (Å²) < 4.78 is 18.5. The highest BCUT2D eigenvalue weighted by atomic mass is 19.1. The summed E-state index contributed by atoms with van der Waals surface area (Å²) in [5.41, 5.74) is 0.837. The number of halogens is 1. The molecule has 0 saturated heterocycles. The predicted molar refractivity (Wildman–Crippen MR) is 65.7 cm³/mol. The van der Waals surface area contributed by atoms with Crippen LogP contribution in [0.25, 0.3) is 11.3 Å². The maximum atomic E-state index is 13.7. The average molecular weight is 262 g/mol. The predicted octanol–water partition coefficient (Wildman–Crippen LogP) is 2.30. The van der Waals surface area contributed by atoms with E-state index in [1.807, 2.05) is 0 Å². The fourth-order valence-electron chi connectivity index (χ4n) is 1.76. The van der Waals surface area contributed by atoms with E-state index in [0.29, 0.717) is 11.3 Å². The van der Waals surface area contributed by atoms with E-state index >= 15 is 0 Å². The van der Waals surface area contributed by atoms with Crippen LogP contribution < -0.4 is 4.74 Å². The molecule has 1 N–H and O–H groups in total. The van der Waals surface area contributed by atoms with Crippen molar-refractivity contribution in [1.29, 1.82) is 0 Å². The Morgan fingerprint density at radius 1 is 1.37 bits per heavy atom. The van der Waals surface area contributed by atoms with Crippen LogP contribution in [0, 0.1) is 12.7 Å². The quantitative estimate of drug-likeness (QED) is 0.918. The van der Waals surface area contributed by atoms with Gasteiger partial charge in [-0.15, -0.1) is 0 Å². The van der Waals surface area contributed by atoms with Gasteiger partial charge in [0, 0.05) is 5.56 Å². The third-order valence-corrected chi connectivity index (χ3v) is 2.68. The summed E-state index contributed by atoms with van der Waals surface area (Å²) in [5.74, 6) is -1.64. The minimum atomic E-state index is -1.15. The van der Waals surface area contributed by atoms with Gasteiger partial charge in [-0.05, 0) is 25.1 Å². The third kappa shape index (κ3) is 2.37. The zero-order chi connectivity index (χ0) is 14.0. The molecule has 0 saturated carbocycles. The second-order valence-electron chi connectivity index (χ2n) is 3.84. The van der Waals surface area contributed by atoms with Gasteiger partial charge in [0.15, 0.2) is 11.6 Å². The Morgan fingerprint density at radius 2 is 2.11 bits per heavy atom. The molecule has 1 aromatic carbocycles. The van der Waals surface area contributed by atoms with Crippen LogP contribution in [0.15, 0.2) is 24.5 Å². The second-order valence-corrected chi connectivity index (χ2v) is 3.84. The highest BCUT2D eigenvalue weighted by molar-refractivity contribution is 5.95. The van der Waals surface area contributed by atoms with E-state index in [2.05, 4.69) is 9.97 Å². The van der Waals surface area contributed by atoms with Crippen LogP contribution in [0.3, 0.4) is 0 Å². The van der Waals surface area contributed by atoms with E-state index in [-0.39, 0.29) is 17.0 Å². The van der Waals surface area contributed by atoms with Crippen molar-refractivity contribution in [3.63, 3.8) is 0 Å². The number of carboxylic acid groups (broad SMARTS) is 1. The Balaban J connectivity index is 2.62. The van der Waals surface area contributed by atoms with Gasteiger partial charge < -0.3 is 9.84 Å². The molecule has 0 aliphatic heterocycles. The number of carbonyl (C=O) groups is 1. The fraction of sp³-hybridized carbons (Fsp3) is 0.154. The zero-order valence-corrected chi connectivity index (χ0v) is 10.3. The molecule has 0 amide bonds. The van der Waals surface area contributed by atoms with Gasteiger partial charge in [0.05, 0.1) is 18.5 Å². The van der Waals surface area contributed by atoms with E-state index in [4.69, 9.17) is 4.74 Å². The number of hydrogen-bond donors (Lipinski definition) is 1. The molecule has 1 aromatic heterocycles. The summed E-state index contributed by atoms with van der Waals surface area (Å²) in [4.78, 5) is 19.0. The zero-order valence-electron chi connectivity index (χ0n) is 10.3. The highest BCUT2D eigenvalue weighted by Crippen LogP contribution is 2.27. The van der Waals surface area contributed by atoms with Crippen molar-refractivity contribution < 1.29 is 19.0 Å². The molecule has 0 radical (unpaired) electrons. The summed E-state index contributed by atoms with van der Waals surface area (Å²) in [6, 6.07) is 4.16. The Labute approximate surface area is 108 Å². The Hall–Kier alpha value is -2.50. The first-order valence-electron chi connectivity index (χ1n) is 5.43. The molecule has 0 bridgehead atoms. The molecule has 2 aromatic rings. The van der Waals surface area contributed by atoms with Crippen LogP contribution >= 0.6 is 0 Å². The lowest BCUT2D eigenvalue weighted by atomic mass is 10.0. The topological polar surface area (TPSA) is 72.3 Å². The molecule has 2 rings (SSSR count). The average Bonchev–Trinajstić information content (AvgIpc) is 2.37. The normalized spacial score (nSPS) is 10.3. The van der Waals surface area contributed by atoms with Crippen molar-refractivity contribution >= 4 is 5.97 Å². The van der Waals surface area contributed by atoms with Crippen molar-refractivity contribution in [2.45, 2.75) is 6.92 Å². The number of hydrogen-bond acceptors (Lipinski definition) is 4. The van der Waals surface area contributed by atoms with Crippen LogP contribution in [0.5, 0.6) is 5.75 Å². The first-order chi connectivity index (χ1) is 9.04. The SMILES string of the molecule is COc1ccc(-c2ncnc(C)c2C(=O)O)cc1F. The summed E-state index contributed by atoms with van der Waals surface area (Å²) in [5, 5.41) is 9.18. The second kappa shape index (κ2) is 5.01. The lowest BCUT2D eigenvalue weighted by molar-refractivity contribution is 0.0696. The van der Waals surface area contributed by atoms with Crippen molar-refractivity contribution in [2.24, 2.45) is 0 Å². The molecule has 1 heterocycles. The molecule has 98 valence electrons. The summed E-state index contributed by atoms with van der Waals surface area (Å²) in [6.45, 7) is 1.56. The molecule has 0 atom stereocenters. The van der Waals surface area contributed by atoms with Crippen LogP contribution in [-0.2, 0) is 0 Å². The number of aromatic nitrogens is 2. The van der Waals surface area contributed by atoms with Crippen LogP contribution in [0.1, 0.15) is 16.1 Å². The maximum absolute atomic E-state index is 13.7. The lowest BCUT2D eigenvalue weighted by Crippen LogP contribution is -2.06. The number of methoxy groups -OCH3 is 1.